The van der Waals surface area contributed by atoms with E-state index >= 15 is 0 Å². The zero-order chi connectivity index (χ0) is 17.8. The van der Waals surface area contributed by atoms with Gasteiger partial charge in [-0.05, 0) is 65.6 Å². The van der Waals surface area contributed by atoms with Gasteiger partial charge in [0.25, 0.3) is 0 Å². The summed E-state index contributed by atoms with van der Waals surface area (Å²) in [7, 11) is -0.302. The molecule has 5 heteroatoms. The summed E-state index contributed by atoms with van der Waals surface area (Å²) in [6, 6.07) is 6.52. The number of rotatable bonds is 2. The second kappa shape index (κ2) is 5.75. The SMILES string of the molecule is Cc1cc(B2OC(C)(C)C(C)(C)O2)ccc1N1CCOC(C)(C)C1. The average molecular weight is 331 g/mol. The third kappa shape index (κ3) is 3.22. The van der Waals surface area contributed by atoms with Crippen molar-refractivity contribution in [1.29, 1.82) is 0 Å². The van der Waals surface area contributed by atoms with E-state index in [9.17, 15) is 0 Å². The number of hydrogen-bond acceptors (Lipinski definition) is 4. The molecular formula is C19H30BNO3. The molecule has 1 aromatic carbocycles. The third-order valence-corrected chi connectivity index (χ3v) is 5.51. The first kappa shape index (κ1) is 17.8. The van der Waals surface area contributed by atoms with Gasteiger partial charge in [0.1, 0.15) is 0 Å². The number of hydrogen-bond donors (Lipinski definition) is 0. The Morgan fingerprint density at radius 3 is 2.17 bits per heavy atom. The van der Waals surface area contributed by atoms with Crippen molar-refractivity contribution in [2.75, 3.05) is 24.6 Å². The Bertz CT molecular complexity index is 611. The summed E-state index contributed by atoms with van der Waals surface area (Å²) in [6.45, 7) is 17.4. The van der Waals surface area contributed by atoms with Crippen molar-refractivity contribution in [2.24, 2.45) is 0 Å². The molecule has 2 aliphatic rings. The van der Waals surface area contributed by atoms with Crippen molar-refractivity contribution < 1.29 is 14.0 Å². The van der Waals surface area contributed by atoms with Gasteiger partial charge in [-0.1, -0.05) is 12.1 Å². The Labute approximate surface area is 146 Å². The van der Waals surface area contributed by atoms with Crippen molar-refractivity contribution in [3.63, 3.8) is 0 Å². The first-order valence-corrected chi connectivity index (χ1v) is 8.86. The third-order valence-electron chi connectivity index (χ3n) is 5.51. The van der Waals surface area contributed by atoms with Crippen molar-refractivity contribution >= 4 is 18.3 Å². The van der Waals surface area contributed by atoms with Crippen LogP contribution < -0.4 is 10.4 Å². The molecule has 24 heavy (non-hydrogen) atoms. The van der Waals surface area contributed by atoms with Crippen LogP contribution in [0, 0.1) is 6.92 Å². The standard InChI is InChI=1S/C19H30BNO3/c1-14-12-15(20-23-18(4,5)19(6,7)24-20)8-9-16(14)21-10-11-22-17(2,3)13-21/h8-9,12H,10-11,13H2,1-7H3. The topological polar surface area (TPSA) is 30.9 Å². The van der Waals surface area contributed by atoms with Crippen molar-refractivity contribution in [1.82, 2.24) is 0 Å². The smallest absolute Gasteiger partial charge is 0.399 e. The lowest BCUT2D eigenvalue weighted by Gasteiger charge is -2.40. The molecule has 2 aliphatic heterocycles. The van der Waals surface area contributed by atoms with Crippen LogP contribution in [0.2, 0.25) is 0 Å². The maximum Gasteiger partial charge on any atom is 0.494 e. The van der Waals surface area contributed by atoms with Gasteiger partial charge in [0.05, 0.1) is 23.4 Å². The van der Waals surface area contributed by atoms with E-state index in [2.05, 4.69) is 71.6 Å². The van der Waals surface area contributed by atoms with Crippen molar-refractivity contribution in [3.05, 3.63) is 23.8 Å². The van der Waals surface area contributed by atoms with Crippen LogP contribution in [0.15, 0.2) is 18.2 Å². The van der Waals surface area contributed by atoms with Crippen LogP contribution in [0.5, 0.6) is 0 Å². The molecule has 0 N–H and O–H groups in total. The van der Waals surface area contributed by atoms with Crippen molar-refractivity contribution in [3.8, 4) is 0 Å². The molecular weight excluding hydrogens is 301 g/mol. The Balaban J connectivity index is 1.81. The number of ether oxygens (including phenoxy) is 1. The van der Waals surface area contributed by atoms with E-state index in [1.165, 1.54) is 11.3 Å². The fourth-order valence-electron chi connectivity index (χ4n) is 3.38. The lowest BCUT2D eigenvalue weighted by atomic mass is 9.78. The number of morpholine rings is 1. The van der Waals surface area contributed by atoms with E-state index in [0.717, 1.165) is 25.2 Å². The first-order valence-electron chi connectivity index (χ1n) is 8.86. The summed E-state index contributed by atoms with van der Waals surface area (Å²) in [5.41, 5.74) is 2.89. The number of aryl methyl sites for hydroxylation is 1. The maximum absolute atomic E-state index is 6.17. The quantitative estimate of drug-likeness (QED) is 0.780. The van der Waals surface area contributed by atoms with E-state index in [0.29, 0.717) is 0 Å². The van der Waals surface area contributed by atoms with Crippen molar-refractivity contribution in [2.45, 2.75) is 65.3 Å². The van der Waals surface area contributed by atoms with Crippen LogP contribution in [-0.2, 0) is 14.0 Å². The minimum atomic E-state index is -0.307. The fourth-order valence-corrected chi connectivity index (χ4v) is 3.38. The van der Waals surface area contributed by atoms with Crippen LogP contribution in [0.1, 0.15) is 47.1 Å². The molecule has 1 aromatic rings. The highest BCUT2D eigenvalue weighted by molar-refractivity contribution is 6.62. The molecule has 0 amide bonds. The summed E-state index contributed by atoms with van der Waals surface area (Å²) in [5, 5.41) is 0. The molecule has 0 radical (unpaired) electrons. The molecule has 2 saturated heterocycles. The molecule has 3 rings (SSSR count). The summed E-state index contributed by atoms with van der Waals surface area (Å²) in [5.74, 6) is 0. The highest BCUT2D eigenvalue weighted by Gasteiger charge is 2.51. The predicted octanol–water partition coefficient (Wildman–Crippen LogP) is 2.91. The second-order valence-electron chi connectivity index (χ2n) is 8.66. The molecule has 0 atom stereocenters. The predicted molar refractivity (Wildman–Crippen MR) is 99.1 cm³/mol. The van der Waals surface area contributed by atoms with Gasteiger partial charge >= 0.3 is 7.12 Å². The second-order valence-corrected chi connectivity index (χ2v) is 8.66. The Morgan fingerprint density at radius 2 is 1.62 bits per heavy atom. The summed E-state index contributed by atoms with van der Waals surface area (Å²) >= 11 is 0. The van der Waals surface area contributed by atoms with Crippen LogP contribution in [0.25, 0.3) is 0 Å². The molecule has 0 aromatic heterocycles. The lowest BCUT2D eigenvalue weighted by Crippen LogP contribution is -2.48. The van der Waals surface area contributed by atoms with Gasteiger partial charge in [-0.3, -0.25) is 0 Å². The van der Waals surface area contributed by atoms with Gasteiger partial charge in [-0.25, -0.2) is 0 Å². The van der Waals surface area contributed by atoms with Crippen LogP contribution >= 0.6 is 0 Å². The van der Waals surface area contributed by atoms with Gasteiger partial charge in [0.15, 0.2) is 0 Å². The van der Waals surface area contributed by atoms with Gasteiger partial charge in [0, 0.05) is 18.8 Å². The molecule has 0 spiro atoms. The summed E-state index contributed by atoms with van der Waals surface area (Å²) in [6.07, 6.45) is 0. The number of nitrogens with zero attached hydrogens (tertiary/aromatic N) is 1. The van der Waals surface area contributed by atoms with Crippen LogP contribution in [-0.4, -0.2) is 43.6 Å². The summed E-state index contributed by atoms with van der Waals surface area (Å²) in [4.78, 5) is 2.41. The number of anilines is 1. The van der Waals surface area contributed by atoms with E-state index in [1.807, 2.05) is 0 Å². The van der Waals surface area contributed by atoms with Gasteiger partial charge < -0.3 is 18.9 Å². The van der Waals surface area contributed by atoms with Crippen LogP contribution in [0.4, 0.5) is 5.69 Å². The summed E-state index contributed by atoms with van der Waals surface area (Å²) < 4.78 is 18.2. The minimum Gasteiger partial charge on any atom is -0.399 e. The lowest BCUT2D eigenvalue weighted by molar-refractivity contribution is -0.0277. The maximum atomic E-state index is 6.17. The molecule has 132 valence electrons. The molecule has 0 aliphatic carbocycles. The van der Waals surface area contributed by atoms with E-state index in [4.69, 9.17) is 14.0 Å². The molecule has 0 saturated carbocycles. The molecule has 2 fully saturated rings. The number of benzene rings is 1. The monoisotopic (exact) mass is 331 g/mol. The molecule has 0 unspecified atom stereocenters. The Morgan fingerprint density at radius 1 is 1.00 bits per heavy atom. The van der Waals surface area contributed by atoms with E-state index in [1.54, 1.807) is 0 Å². The zero-order valence-electron chi connectivity index (χ0n) is 16.1. The van der Waals surface area contributed by atoms with Gasteiger partial charge in [-0.2, -0.15) is 0 Å². The van der Waals surface area contributed by atoms with E-state index < -0.39 is 0 Å². The highest BCUT2D eigenvalue weighted by Crippen LogP contribution is 2.36. The van der Waals surface area contributed by atoms with Gasteiger partial charge in [0.2, 0.25) is 0 Å². The van der Waals surface area contributed by atoms with E-state index in [-0.39, 0.29) is 23.9 Å². The zero-order valence-corrected chi connectivity index (χ0v) is 16.1. The molecule has 2 heterocycles. The molecule has 0 bridgehead atoms. The van der Waals surface area contributed by atoms with Gasteiger partial charge in [-0.15, -0.1) is 0 Å². The fraction of sp³-hybridized carbons (Fsp3) is 0.684. The first-order chi connectivity index (χ1) is 11.0. The Kier molecular flexibility index (Phi) is 4.26. The minimum absolute atomic E-state index is 0.102. The average Bonchev–Trinajstić information content (AvgIpc) is 2.66. The Hall–Kier alpha value is -1.04. The molecule has 4 nitrogen and oxygen atoms in total. The highest BCUT2D eigenvalue weighted by atomic mass is 16.7. The largest absolute Gasteiger partial charge is 0.494 e. The normalized spacial score (nSPS) is 25.1. The van der Waals surface area contributed by atoms with Crippen LogP contribution in [0.3, 0.4) is 0 Å².